The minimum Gasteiger partial charge on any atom is -0.448 e. The molecule has 5 rings (SSSR count). The summed E-state index contributed by atoms with van der Waals surface area (Å²) in [5.41, 5.74) is 4.88. The van der Waals surface area contributed by atoms with Crippen molar-refractivity contribution in [2.45, 2.75) is 64.3 Å². The number of nitrogens with zero attached hydrogens (tertiary/aromatic N) is 4. The van der Waals surface area contributed by atoms with Gasteiger partial charge in [0.15, 0.2) is 0 Å². The van der Waals surface area contributed by atoms with Crippen LogP contribution in [-0.2, 0) is 4.74 Å². The number of piperazine rings is 1. The van der Waals surface area contributed by atoms with Crippen molar-refractivity contribution >= 4 is 17.9 Å². The number of amides is 3. The Balaban J connectivity index is 1.12. The smallest absolute Gasteiger partial charge is 0.430 e. The van der Waals surface area contributed by atoms with E-state index < -0.39 is 12.1 Å². The molecule has 3 aliphatic heterocycles. The zero-order chi connectivity index (χ0) is 29.5. The maximum absolute atomic E-state index is 14.0. The summed E-state index contributed by atoms with van der Waals surface area (Å²) in [6, 6.07) is 6.49. The largest absolute Gasteiger partial charge is 0.448 e. The van der Waals surface area contributed by atoms with E-state index >= 15 is 0 Å². The van der Waals surface area contributed by atoms with Crippen molar-refractivity contribution in [2.24, 2.45) is 0 Å². The van der Waals surface area contributed by atoms with E-state index in [2.05, 4.69) is 22.1 Å². The normalized spacial score (nSPS) is 20.4. The average molecular weight is 580 g/mol. The fourth-order valence-corrected chi connectivity index (χ4v) is 6.02. The van der Waals surface area contributed by atoms with E-state index in [0.717, 1.165) is 24.8 Å². The van der Waals surface area contributed by atoms with Gasteiger partial charge in [0.1, 0.15) is 11.6 Å². The van der Waals surface area contributed by atoms with E-state index in [1.165, 1.54) is 54.2 Å². The van der Waals surface area contributed by atoms with Crippen molar-refractivity contribution in [3.8, 4) is 0 Å². The summed E-state index contributed by atoms with van der Waals surface area (Å²) in [6.07, 6.45) is 13.4. The number of ether oxygens (including phenoxy) is 1. The van der Waals surface area contributed by atoms with Gasteiger partial charge in [0.05, 0.1) is 23.8 Å². The van der Waals surface area contributed by atoms with Gasteiger partial charge in [0, 0.05) is 44.8 Å². The van der Waals surface area contributed by atoms with Gasteiger partial charge < -0.3 is 9.64 Å². The second-order valence-corrected chi connectivity index (χ2v) is 11.3. The maximum Gasteiger partial charge on any atom is 0.430 e. The molecular formula is C32H42FN5O4. The minimum absolute atomic E-state index is 0.241. The molecule has 1 aliphatic carbocycles. The fourth-order valence-electron chi connectivity index (χ4n) is 6.02. The van der Waals surface area contributed by atoms with Gasteiger partial charge in [-0.15, -0.1) is 0 Å². The number of hydrazine groups is 1. The van der Waals surface area contributed by atoms with Crippen LogP contribution in [0.3, 0.4) is 0 Å². The molecule has 42 heavy (non-hydrogen) atoms. The molecule has 0 spiro atoms. The third kappa shape index (κ3) is 6.76. The number of rotatable bonds is 13. The molecule has 1 N–H and O–H groups in total. The molecule has 0 saturated carbocycles. The molecule has 1 saturated heterocycles. The molecule has 1 atom stereocenters. The van der Waals surface area contributed by atoms with Gasteiger partial charge in [-0.25, -0.2) is 14.6 Å². The van der Waals surface area contributed by atoms with E-state index in [4.69, 9.17) is 4.74 Å². The lowest BCUT2D eigenvalue weighted by atomic mass is 10.0. The summed E-state index contributed by atoms with van der Waals surface area (Å²) in [7, 11) is 0. The van der Waals surface area contributed by atoms with Crippen LogP contribution in [0.25, 0.3) is 0 Å². The predicted molar refractivity (Wildman–Crippen MR) is 158 cm³/mol. The van der Waals surface area contributed by atoms with Gasteiger partial charge in [0.2, 0.25) is 0 Å². The molecule has 1 aromatic rings. The van der Waals surface area contributed by atoms with Crippen molar-refractivity contribution < 1.29 is 23.5 Å². The van der Waals surface area contributed by atoms with E-state index in [9.17, 15) is 18.8 Å². The van der Waals surface area contributed by atoms with Crippen LogP contribution < -0.4 is 5.43 Å². The molecular weight excluding hydrogens is 537 g/mol. The van der Waals surface area contributed by atoms with Crippen LogP contribution in [0.5, 0.6) is 0 Å². The highest BCUT2D eigenvalue weighted by Gasteiger charge is 2.39. The first-order chi connectivity index (χ1) is 20.5. The quantitative estimate of drug-likeness (QED) is 0.260. The topological polar surface area (TPSA) is 85.4 Å². The Morgan fingerprint density at radius 3 is 2.21 bits per heavy atom. The number of imide groups is 1. The van der Waals surface area contributed by atoms with Crippen LogP contribution in [0, 0.1) is 0 Å². The molecule has 0 radical (unpaired) electrons. The number of halogens is 1. The lowest BCUT2D eigenvalue weighted by Crippen LogP contribution is -2.52. The van der Waals surface area contributed by atoms with Crippen LogP contribution in [0.4, 0.5) is 9.18 Å². The number of hydrogen-bond donors (Lipinski definition) is 1. The Bertz CT molecular complexity index is 1220. The SMILES string of the molecule is CCCCCCCCCCOC(=O)N1NC2C=C(F)C=CC2=C1N1CCN(CCN2C(=O)c3ccccc3C2=O)CC1. The van der Waals surface area contributed by atoms with Crippen molar-refractivity contribution in [1.29, 1.82) is 0 Å². The Labute approximate surface area is 247 Å². The molecule has 3 amide bonds. The van der Waals surface area contributed by atoms with Crippen LogP contribution in [-0.4, -0.2) is 89.5 Å². The van der Waals surface area contributed by atoms with Crippen LogP contribution in [0.2, 0.25) is 0 Å². The van der Waals surface area contributed by atoms with E-state index in [-0.39, 0.29) is 17.6 Å². The molecule has 9 nitrogen and oxygen atoms in total. The Morgan fingerprint density at radius 1 is 0.905 bits per heavy atom. The third-order valence-corrected chi connectivity index (χ3v) is 8.42. The number of unbranched alkanes of at least 4 members (excludes halogenated alkanes) is 7. The standard InChI is InChI=1S/C32H42FN5O4/c1-2-3-4-5-6-7-8-11-22-42-32(41)38-29(27-15-14-24(33)23-28(27)34-38)36-19-16-35(17-20-36)18-21-37-30(39)25-12-9-10-13-26(25)31(37)40/h9-10,12-15,23,28,34H,2-8,11,16-22H2,1H3. The lowest BCUT2D eigenvalue weighted by molar-refractivity contribution is 0.0599. The number of hydrogen-bond acceptors (Lipinski definition) is 7. The van der Waals surface area contributed by atoms with Gasteiger partial charge in [-0.1, -0.05) is 70.1 Å². The number of fused-ring (bicyclic) bond motifs is 2. The van der Waals surface area contributed by atoms with Gasteiger partial charge >= 0.3 is 6.09 Å². The first-order valence-corrected chi connectivity index (χ1v) is 15.4. The first kappa shape index (κ1) is 30.0. The lowest BCUT2D eigenvalue weighted by Gasteiger charge is -2.39. The second kappa shape index (κ2) is 14.1. The summed E-state index contributed by atoms with van der Waals surface area (Å²) in [6.45, 7) is 6.13. The summed E-state index contributed by atoms with van der Waals surface area (Å²) < 4.78 is 19.7. The number of carbonyl (C=O) groups excluding carboxylic acids is 3. The molecule has 1 aromatic carbocycles. The fraction of sp³-hybridized carbons (Fsp3) is 0.531. The molecule has 4 aliphatic rings. The first-order valence-electron chi connectivity index (χ1n) is 15.4. The van der Waals surface area contributed by atoms with Crippen molar-refractivity contribution in [1.82, 2.24) is 25.1 Å². The summed E-state index contributed by atoms with van der Waals surface area (Å²) >= 11 is 0. The molecule has 1 unspecified atom stereocenters. The van der Waals surface area contributed by atoms with Gasteiger partial charge in [-0.05, 0) is 30.7 Å². The summed E-state index contributed by atoms with van der Waals surface area (Å²) in [5.74, 6) is -0.131. The van der Waals surface area contributed by atoms with Gasteiger partial charge in [0.25, 0.3) is 11.8 Å². The molecule has 10 heteroatoms. The second-order valence-electron chi connectivity index (χ2n) is 11.3. The van der Waals surface area contributed by atoms with Crippen molar-refractivity contribution in [3.63, 3.8) is 0 Å². The monoisotopic (exact) mass is 579 g/mol. The maximum atomic E-state index is 14.0. The van der Waals surface area contributed by atoms with E-state index in [1.54, 1.807) is 30.3 Å². The predicted octanol–water partition coefficient (Wildman–Crippen LogP) is 5.00. The molecule has 1 fully saturated rings. The van der Waals surface area contributed by atoms with E-state index in [0.29, 0.717) is 62.8 Å². The van der Waals surface area contributed by atoms with Crippen molar-refractivity contribution in [3.05, 3.63) is 70.8 Å². The van der Waals surface area contributed by atoms with E-state index in [1.807, 2.05) is 0 Å². The Hall–Kier alpha value is -3.50. The molecule has 226 valence electrons. The third-order valence-electron chi connectivity index (χ3n) is 8.42. The zero-order valence-electron chi connectivity index (χ0n) is 24.5. The molecule has 0 bridgehead atoms. The summed E-state index contributed by atoms with van der Waals surface area (Å²) in [5, 5.41) is 1.43. The van der Waals surface area contributed by atoms with Gasteiger partial charge in [-0.2, -0.15) is 5.01 Å². The molecule has 3 heterocycles. The van der Waals surface area contributed by atoms with Crippen molar-refractivity contribution in [2.75, 3.05) is 45.9 Å². The Kier molecular flexibility index (Phi) is 10.1. The number of allylic oxidation sites excluding steroid dienone is 2. The highest BCUT2D eigenvalue weighted by molar-refractivity contribution is 6.21. The number of benzene rings is 1. The van der Waals surface area contributed by atoms with Crippen LogP contribution in [0.15, 0.2) is 59.7 Å². The highest BCUT2D eigenvalue weighted by atomic mass is 19.1. The minimum atomic E-state index is -0.481. The average Bonchev–Trinajstić information content (AvgIpc) is 3.49. The van der Waals surface area contributed by atoms with Crippen LogP contribution >= 0.6 is 0 Å². The number of carbonyl (C=O) groups is 3. The Morgan fingerprint density at radius 2 is 1.55 bits per heavy atom. The van der Waals surface area contributed by atoms with Crippen LogP contribution in [0.1, 0.15) is 79.0 Å². The van der Waals surface area contributed by atoms with Gasteiger partial charge in [-0.3, -0.25) is 19.4 Å². The summed E-state index contributed by atoms with van der Waals surface area (Å²) in [4.78, 5) is 44.3. The number of nitrogens with one attached hydrogen (secondary N) is 1. The zero-order valence-corrected chi connectivity index (χ0v) is 24.5. The molecule has 0 aromatic heterocycles. The highest BCUT2D eigenvalue weighted by Crippen LogP contribution is 2.31.